The van der Waals surface area contributed by atoms with Crippen LogP contribution in [0.1, 0.15) is 39.0 Å². The maximum Gasteiger partial charge on any atom is 0.268 e. The Hall–Kier alpha value is -1.36. The van der Waals surface area contributed by atoms with Gasteiger partial charge in [0.1, 0.15) is 0 Å². The van der Waals surface area contributed by atoms with Gasteiger partial charge in [-0.25, -0.2) is 4.68 Å². The summed E-state index contributed by atoms with van der Waals surface area (Å²) in [7, 11) is 0. The molecule has 1 aliphatic heterocycles. The van der Waals surface area contributed by atoms with Crippen molar-refractivity contribution in [2.75, 3.05) is 31.1 Å². The second-order valence-electron chi connectivity index (χ2n) is 5.38. The minimum absolute atomic E-state index is 0.0246. The Bertz CT molecular complexity index is 451. The van der Waals surface area contributed by atoms with Gasteiger partial charge in [0.15, 0.2) is 0 Å². The van der Waals surface area contributed by atoms with E-state index in [1.807, 2.05) is 6.20 Å². The van der Waals surface area contributed by atoms with E-state index in [-0.39, 0.29) is 5.56 Å². The lowest BCUT2D eigenvalue weighted by Crippen LogP contribution is -2.32. The van der Waals surface area contributed by atoms with Crippen molar-refractivity contribution in [1.82, 2.24) is 15.1 Å². The summed E-state index contributed by atoms with van der Waals surface area (Å²) in [6.07, 6.45) is 7.64. The molecule has 5 heteroatoms. The van der Waals surface area contributed by atoms with Crippen molar-refractivity contribution < 1.29 is 0 Å². The Morgan fingerprint density at radius 2 is 2.05 bits per heavy atom. The molecule has 0 unspecified atom stereocenters. The normalized spacial score (nSPS) is 15.6. The number of hydrogen-bond acceptors (Lipinski definition) is 4. The number of piperidine rings is 1. The number of aromatic nitrogens is 2. The third kappa shape index (κ3) is 4.34. The van der Waals surface area contributed by atoms with Crippen LogP contribution in [0.4, 0.5) is 5.69 Å². The van der Waals surface area contributed by atoms with Gasteiger partial charge in [-0.1, -0.05) is 6.92 Å². The van der Waals surface area contributed by atoms with Crippen molar-refractivity contribution >= 4 is 5.69 Å². The fourth-order valence-corrected chi connectivity index (χ4v) is 2.61. The smallest absolute Gasteiger partial charge is 0.268 e. The molecule has 1 aromatic rings. The van der Waals surface area contributed by atoms with E-state index in [0.717, 1.165) is 44.7 Å². The quantitative estimate of drug-likeness (QED) is 0.770. The van der Waals surface area contributed by atoms with Crippen LogP contribution in [0.5, 0.6) is 0 Å². The lowest BCUT2D eigenvalue weighted by molar-refractivity contribution is 0.516. The van der Waals surface area contributed by atoms with Crippen LogP contribution in [0.25, 0.3) is 0 Å². The fourth-order valence-electron chi connectivity index (χ4n) is 2.61. The molecule has 1 aliphatic rings. The highest BCUT2D eigenvalue weighted by Gasteiger charge is 2.12. The molecular formula is C15H26N4O. The third-order valence-corrected chi connectivity index (χ3v) is 3.80. The van der Waals surface area contributed by atoms with Gasteiger partial charge in [0, 0.05) is 25.7 Å². The van der Waals surface area contributed by atoms with Crippen LogP contribution in [-0.2, 0) is 6.54 Å². The fraction of sp³-hybridized carbons (Fsp3) is 0.733. The predicted octanol–water partition coefficient (Wildman–Crippen LogP) is 1.62. The maximum atomic E-state index is 12.1. The SMILES string of the molecule is CCNCCCCn1ncc(N2CCCCC2)cc1=O. The van der Waals surface area contributed by atoms with Gasteiger partial charge >= 0.3 is 0 Å². The van der Waals surface area contributed by atoms with E-state index < -0.39 is 0 Å². The number of nitrogens with zero attached hydrogens (tertiary/aromatic N) is 3. The molecule has 0 atom stereocenters. The Morgan fingerprint density at radius 3 is 2.75 bits per heavy atom. The molecular weight excluding hydrogens is 252 g/mol. The maximum absolute atomic E-state index is 12.1. The predicted molar refractivity (Wildman–Crippen MR) is 82.3 cm³/mol. The van der Waals surface area contributed by atoms with E-state index in [9.17, 15) is 4.79 Å². The summed E-state index contributed by atoms with van der Waals surface area (Å²) in [6.45, 7) is 6.93. The molecule has 1 N–H and O–H groups in total. The first-order valence-corrected chi connectivity index (χ1v) is 7.84. The first-order valence-electron chi connectivity index (χ1n) is 7.84. The molecule has 0 aliphatic carbocycles. The first-order chi connectivity index (χ1) is 9.81. The Balaban J connectivity index is 1.87. The monoisotopic (exact) mass is 278 g/mol. The molecule has 2 heterocycles. The van der Waals surface area contributed by atoms with E-state index in [0.29, 0.717) is 6.54 Å². The molecule has 20 heavy (non-hydrogen) atoms. The molecule has 0 spiro atoms. The Labute approximate surface area is 121 Å². The second kappa shape index (κ2) is 8.04. The molecule has 1 saturated heterocycles. The second-order valence-corrected chi connectivity index (χ2v) is 5.38. The van der Waals surface area contributed by atoms with Gasteiger partial charge in [0.05, 0.1) is 11.9 Å². The number of rotatable bonds is 7. The van der Waals surface area contributed by atoms with Crippen LogP contribution in [0.2, 0.25) is 0 Å². The average molecular weight is 278 g/mol. The minimum Gasteiger partial charge on any atom is -0.370 e. The molecule has 0 radical (unpaired) electrons. The molecule has 0 saturated carbocycles. The van der Waals surface area contributed by atoms with Crippen LogP contribution in [-0.4, -0.2) is 36.0 Å². The molecule has 1 fully saturated rings. The van der Waals surface area contributed by atoms with E-state index in [1.165, 1.54) is 19.3 Å². The molecule has 1 aromatic heterocycles. The lowest BCUT2D eigenvalue weighted by Gasteiger charge is -2.28. The number of hydrogen-bond donors (Lipinski definition) is 1. The number of unbranched alkanes of at least 4 members (excludes halogenated alkanes) is 1. The van der Waals surface area contributed by atoms with Crippen molar-refractivity contribution in [3.8, 4) is 0 Å². The van der Waals surface area contributed by atoms with Crippen LogP contribution < -0.4 is 15.8 Å². The minimum atomic E-state index is 0.0246. The third-order valence-electron chi connectivity index (χ3n) is 3.80. The molecule has 2 rings (SSSR count). The van der Waals surface area contributed by atoms with E-state index in [4.69, 9.17) is 0 Å². The zero-order valence-electron chi connectivity index (χ0n) is 12.5. The summed E-state index contributed by atoms with van der Waals surface area (Å²) in [5, 5.41) is 7.60. The number of anilines is 1. The van der Waals surface area contributed by atoms with Crippen LogP contribution in [0.3, 0.4) is 0 Å². The highest BCUT2D eigenvalue weighted by atomic mass is 16.1. The average Bonchev–Trinajstić information content (AvgIpc) is 2.49. The summed E-state index contributed by atoms with van der Waals surface area (Å²) >= 11 is 0. The van der Waals surface area contributed by atoms with Gasteiger partial charge in [-0.3, -0.25) is 4.79 Å². The van der Waals surface area contributed by atoms with Crippen molar-refractivity contribution in [2.45, 2.75) is 45.6 Å². The Morgan fingerprint density at radius 1 is 1.25 bits per heavy atom. The van der Waals surface area contributed by atoms with E-state index in [1.54, 1.807) is 10.7 Å². The number of nitrogens with one attached hydrogen (secondary N) is 1. The largest absolute Gasteiger partial charge is 0.370 e. The van der Waals surface area contributed by atoms with Crippen LogP contribution in [0, 0.1) is 0 Å². The van der Waals surface area contributed by atoms with Gasteiger partial charge < -0.3 is 10.2 Å². The summed E-state index contributed by atoms with van der Waals surface area (Å²) in [5.74, 6) is 0. The van der Waals surface area contributed by atoms with Gasteiger partial charge in [-0.2, -0.15) is 5.10 Å². The van der Waals surface area contributed by atoms with Crippen LogP contribution >= 0.6 is 0 Å². The molecule has 112 valence electrons. The van der Waals surface area contributed by atoms with Gasteiger partial charge in [0.2, 0.25) is 0 Å². The first kappa shape index (κ1) is 15.0. The highest BCUT2D eigenvalue weighted by molar-refractivity contribution is 5.43. The highest BCUT2D eigenvalue weighted by Crippen LogP contribution is 2.16. The van der Waals surface area contributed by atoms with Crippen LogP contribution in [0.15, 0.2) is 17.1 Å². The van der Waals surface area contributed by atoms with Crippen molar-refractivity contribution in [1.29, 1.82) is 0 Å². The van der Waals surface area contributed by atoms with Crippen molar-refractivity contribution in [3.05, 3.63) is 22.6 Å². The zero-order valence-corrected chi connectivity index (χ0v) is 12.5. The van der Waals surface area contributed by atoms with E-state index in [2.05, 4.69) is 22.2 Å². The molecule has 5 nitrogen and oxygen atoms in total. The lowest BCUT2D eigenvalue weighted by atomic mass is 10.1. The molecule has 0 amide bonds. The molecule has 0 aromatic carbocycles. The van der Waals surface area contributed by atoms with Gasteiger partial charge in [-0.05, 0) is 45.2 Å². The van der Waals surface area contributed by atoms with E-state index >= 15 is 0 Å². The van der Waals surface area contributed by atoms with Gasteiger partial charge in [-0.15, -0.1) is 0 Å². The molecule has 0 bridgehead atoms. The Kier molecular flexibility index (Phi) is 6.05. The summed E-state index contributed by atoms with van der Waals surface area (Å²) in [5.41, 5.74) is 1.01. The van der Waals surface area contributed by atoms with Crippen molar-refractivity contribution in [3.63, 3.8) is 0 Å². The topological polar surface area (TPSA) is 50.2 Å². The zero-order chi connectivity index (χ0) is 14.2. The number of aryl methyl sites for hydroxylation is 1. The van der Waals surface area contributed by atoms with Gasteiger partial charge in [0.25, 0.3) is 5.56 Å². The standard InChI is InChI=1S/C15H26N4O/c1-2-16-8-4-7-11-19-15(20)12-14(13-17-19)18-9-5-3-6-10-18/h12-13,16H,2-11H2,1H3. The van der Waals surface area contributed by atoms with Crippen molar-refractivity contribution in [2.24, 2.45) is 0 Å². The summed E-state index contributed by atoms with van der Waals surface area (Å²) in [4.78, 5) is 14.3. The summed E-state index contributed by atoms with van der Waals surface area (Å²) in [6, 6.07) is 1.74. The summed E-state index contributed by atoms with van der Waals surface area (Å²) < 4.78 is 1.58.